The van der Waals surface area contributed by atoms with Crippen molar-refractivity contribution >= 4 is 46.6 Å². The fraction of sp³-hybridized carbons (Fsp3) is 0.432. The number of allylic oxidation sites excluding steroid dienone is 1. The minimum Gasteiger partial charge on any atom is -0.490 e. The van der Waals surface area contributed by atoms with E-state index in [1.165, 1.54) is 0 Å². The van der Waals surface area contributed by atoms with Crippen LogP contribution in [0.25, 0.3) is 0 Å². The van der Waals surface area contributed by atoms with E-state index >= 15 is 0 Å². The van der Waals surface area contributed by atoms with Gasteiger partial charge >= 0.3 is 0 Å². The van der Waals surface area contributed by atoms with E-state index in [9.17, 15) is 19.2 Å². The fourth-order valence-electron chi connectivity index (χ4n) is 8.93. The second-order valence-corrected chi connectivity index (χ2v) is 16.3. The molecule has 0 bridgehead atoms. The molecule has 1 saturated carbocycles. The minimum atomic E-state index is -0.811. The number of piperazine rings is 1. The van der Waals surface area contributed by atoms with Gasteiger partial charge in [0.25, 0.3) is 17.7 Å². The number of halogens is 1. The van der Waals surface area contributed by atoms with Gasteiger partial charge in [-0.1, -0.05) is 18.2 Å². The zero-order valence-corrected chi connectivity index (χ0v) is 32.8. The number of amides is 4. The summed E-state index contributed by atoms with van der Waals surface area (Å²) in [4.78, 5) is 60.6. The lowest BCUT2D eigenvalue weighted by atomic mass is 9.92. The number of ether oxygens (including phenoxy) is 1. The molecular weight excluding hydrogens is 742 g/mol. The van der Waals surface area contributed by atoms with Crippen molar-refractivity contribution in [2.75, 3.05) is 55.6 Å². The highest BCUT2D eigenvalue weighted by atomic mass is 35.5. The first kappa shape index (κ1) is 38.5. The molecule has 1 unspecified atom stereocenters. The predicted octanol–water partition coefficient (Wildman–Crippen LogP) is 5.76. The Morgan fingerprint density at radius 3 is 2.19 bits per heavy atom. The molecule has 1 atom stereocenters. The molecule has 8 rings (SSSR count). The van der Waals surface area contributed by atoms with Crippen LogP contribution in [0.5, 0.6) is 5.75 Å². The molecule has 12 nitrogen and oxygen atoms in total. The Balaban J connectivity index is 0.753. The van der Waals surface area contributed by atoms with Gasteiger partial charge in [0.2, 0.25) is 5.91 Å². The zero-order valence-electron chi connectivity index (χ0n) is 32.1. The van der Waals surface area contributed by atoms with Crippen molar-refractivity contribution in [1.29, 1.82) is 5.26 Å². The summed E-state index contributed by atoms with van der Waals surface area (Å²) >= 11 is 6.16. The molecule has 57 heavy (non-hydrogen) atoms. The zero-order chi connectivity index (χ0) is 39.6. The largest absolute Gasteiger partial charge is 0.490 e. The number of piperidine rings is 2. The Labute approximate surface area is 338 Å². The van der Waals surface area contributed by atoms with Gasteiger partial charge in [0.1, 0.15) is 17.9 Å². The molecule has 0 radical (unpaired) electrons. The van der Waals surface area contributed by atoms with Crippen LogP contribution in [0.2, 0.25) is 5.02 Å². The number of anilines is 2. The second-order valence-electron chi connectivity index (χ2n) is 15.9. The van der Waals surface area contributed by atoms with Crippen molar-refractivity contribution in [3.05, 3.63) is 100 Å². The average Bonchev–Trinajstić information content (AvgIpc) is 3.47. The lowest BCUT2D eigenvalue weighted by molar-refractivity contribution is -0.125. The number of benzene rings is 3. The van der Waals surface area contributed by atoms with Crippen molar-refractivity contribution in [3.8, 4) is 11.8 Å². The van der Waals surface area contributed by atoms with E-state index in [0.29, 0.717) is 57.5 Å². The third kappa shape index (κ3) is 8.36. The Kier molecular flexibility index (Phi) is 11.2. The van der Waals surface area contributed by atoms with Crippen molar-refractivity contribution in [1.82, 2.24) is 20.4 Å². The van der Waals surface area contributed by atoms with Crippen LogP contribution in [0.15, 0.2) is 72.9 Å². The highest BCUT2D eigenvalue weighted by Gasteiger charge is 2.44. The minimum absolute atomic E-state index is 0.0488. The molecule has 3 aromatic rings. The summed E-state index contributed by atoms with van der Waals surface area (Å²) in [7, 11) is 0. The number of carbonyl (C=O) groups is 4. The Bertz CT molecular complexity index is 2090. The Morgan fingerprint density at radius 2 is 1.51 bits per heavy atom. The summed E-state index contributed by atoms with van der Waals surface area (Å²) < 4.78 is 6.10. The highest BCUT2D eigenvalue weighted by Crippen LogP contribution is 2.33. The van der Waals surface area contributed by atoms with Crippen LogP contribution >= 0.6 is 11.6 Å². The highest BCUT2D eigenvalue weighted by molar-refractivity contribution is 6.31. The van der Waals surface area contributed by atoms with Gasteiger partial charge in [-0.3, -0.25) is 29.0 Å². The van der Waals surface area contributed by atoms with Crippen LogP contribution in [0.3, 0.4) is 0 Å². The van der Waals surface area contributed by atoms with Crippen molar-refractivity contribution in [2.24, 2.45) is 5.92 Å². The van der Waals surface area contributed by atoms with E-state index < -0.39 is 17.9 Å². The van der Waals surface area contributed by atoms with Gasteiger partial charge in [0.05, 0.1) is 27.8 Å². The average molecular weight is 790 g/mol. The van der Waals surface area contributed by atoms with Crippen LogP contribution in [0, 0.1) is 17.2 Å². The second kappa shape index (κ2) is 16.6. The first-order chi connectivity index (χ1) is 27.6. The van der Waals surface area contributed by atoms with Crippen molar-refractivity contribution in [2.45, 2.75) is 69.6 Å². The van der Waals surface area contributed by atoms with Gasteiger partial charge < -0.3 is 25.2 Å². The topological polar surface area (TPSA) is 138 Å². The maximum absolute atomic E-state index is 13.4. The van der Waals surface area contributed by atoms with Crippen LogP contribution < -0.4 is 25.2 Å². The van der Waals surface area contributed by atoms with Crippen molar-refractivity contribution < 1.29 is 23.9 Å². The van der Waals surface area contributed by atoms with E-state index in [-0.39, 0.29) is 24.0 Å². The summed E-state index contributed by atoms with van der Waals surface area (Å²) in [6.07, 6.45) is 6.53. The molecule has 0 spiro atoms. The first-order valence-corrected chi connectivity index (χ1v) is 20.5. The Morgan fingerprint density at radius 1 is 0.825 bits per heavy atom. The number of rotatable bonds is 9. The van der Waals surface area contributed by atoms with Gasteiger partial charge in [0, 0.05) is 80.6 Å². The first-order valence-electron chi connectivity index (χ1n) is 20.1. The maximum atomic E-state index is 13.4. The molecule has 5 aliphatic rings. The van der Waals surface area contributed by atoms with Gasteiger partial charge in [0.15, 0.2) is 0 Å². The number of hydrogen-bond acceptors (Lipinski definition) is 9. The van der Waals surface area contributed by atoms with Gasteiger partial charge in [-0.2, -0.15) is 5.26 Å². The normalized spacial score (nSPS) is 23.2. The van der Waals surface area contributed by atoms with Gasteiger partial charge in [-0.25, -0.2) is 0 Å². The molecule has 3 saturated heterocycles. The number of imide groups is 1. The quantitative estimate of drug-likeness (QED) is 0.260. The molecule has 4 heterocycles. The van der Waals surface area contributed by atoms with Crippen molar-refractivity contribution in [3.63, 3.8) is 0 Å². The van der Waals surface area contributed by atoms with E-state index in [4.69, 9.17) is 21.6 Å². The van der Waals surface area contributed by atoms with Crippen LogP contribution in [-0.4, -0.2) is 97.4 Å². The molecular formula is C44H48ClN7O5. The standard InChI is InChI=1S/C44H48ClN7O5/c1-28-2-15-40(42(54)47-28)52-43(55)37-14-10-34(24-38(37)44(52)56)51-22-20-49(21-23-51)27-29-16-18-50(19-17-29)33-8-3-30(4-9-33)41(53)48-32-6-12-35(13-7-32)57-36-11-5-31(26-46)39(45)25-36/h3-5,8-11,14,24-25,29,32,35,40H,1-2,6-7,12-13,15-23,27H2,(H,47,54)(H,48,53). The number of hydrogen-bond donors (Lipinski definition) is 2. The molecule has 296 valence electrons. The van der Waals surface area contributed by atoms with Crippen LogP contribution in [-0.2, 0) is 4.79 Å². The monoisotopic (exact) mass is 789 g/mol. The molecule has 13 heteroatoms. The van der Waals surface area contributed by atoms with E-state index in [2.05, 4.69) is 50.1 Å². The van der Waals surface area contributed by atoms with Crippen LogP contribution in [0.1, 0.15) is 88.0 Å². The van der Waals surface area contributed by atoms with E-state index in [1.54, 1.807) is 24.3 Å². The lowest BCUT2D eigenvalue weighted by Crippen LogP contribution is -2.51. The number of nitrogens with one attached hydrogen (secondary N) is 2. The summed E-state index contributed by atoms with van der Waals surface area (Å²) in [6, 6.07) is 19.9. The molecule has 4 aliphatic heterocycles. The molecule has 4 fully saturated rings. The molecule has 1 aliphatic carbocycles. The number of nitrogens with zero attached hydrogens (tertiary/aromatic N) is 5. The SMILES string of the molecule is C=C1CCC(N2C(=O)c3ccc(N4CCN(CC5CCN(c6ccc(C(=O)NC7CCC(Oc8ccc(C#N)c(Cl)c8)CC7)cc6)CC5)CC4)cc3C2=O)C(=O)N1. The van der Waals surface area contributed by atoms with Crippen LogP contribution in [0.4, 0.5) is 11.4 Å². The Hall–Kier alpha value is -5.38. The number of fused-ring (bicyclic) bond motifs is 1. The summed E-state index contributed by atoms with van der Waals surface area (Å²) in [5, 5.41) is 15.4. The van der Waals surface area contributed by atoms with E-state index in [1.807, 2.05) is 24.3 Å². The third-order valence-corrected chi connectivity index (χ3v) is 12.6. The molecule has 0 aromatic heterocycles. The fourth-order valence-corrected chi connectivity index (χ4v) is 9.15. The van der Waals surface area contributed by atoms with Gasteiger partial charge in [-0.15, -0.1) is 0 Å². The molecule has 4 amide bonds. The summed E-state index contributed by atoms with van der Waals surface area (Å²) in [5.74, 6) is 0.0632. The molecule has 3 aromatic carbocycles. The summed E-state index contributed by atoms with van der Waals surface area (Å²) in [5.41, 5.74) is 4.51. The number of carbonyl (C=O) groups excluding carboxylic acids is 4. The number of nitriles is 1. The smallest absolute Gasteiger partial charge is 0.262 e. The molecule has 2 N–H and O–H groups in total. The van der Waals surface area contributed by atoms with E-state index in [0.717, 1.165) is 101 Å². The third-order valence-electron chi connectivity index (χ3n) is 12.3. The predicted molar refractivity (Wildman–Crippen MR) is 218 cm³/mol. The maximum Gasteiger partial charge on any atom is 0.262 e. The lowest BCUT2D eigenvalue weighted by Gasteiger charge is -2.40. The summed E-state index contributed by atoms with van der Waals surface area (Å²) in [6.45, 7) is 10.3. The van der Waals surface area contributed by atoms with Gasteiger partial charge in [-0.05, 0) is 112 Å².